The number of Topliss-reactive ketones (excluding diaryl/α,β-unsaturated/α-hetero) is 4. The van der Waals surface area contributed by atoms with Crippen molar-refractivity contribution >= 4 is 29.0 Å². The molecule has 1 aromatic carbocycles. The number of aliphatic hydroxyl groups is 2. The van der Waals surface area contributed by atoms with E-state index in [4.69, 9.17) is 5.73 Å². The van der Waals surface area contributed by atoms with E-state index in [1.807, 2.05) is 20.8 Å². The molecule has 0 bridgehead atoms. The van der Waals surface area contributed by atoms with Gasteiger partial charge in [0.05, 0.1) is 29.5 Å². The highest BCUT2D eigenvalue weighted by atomic mass is 16.3. The van der Waals surface area contributed by atoms with Crippen LogP contribution in [-0.2, 0) is 24.6 Å². The molecular formula is C28H36N2O8. The van der Waals surface area contributed by atoms with Crippen molar-refractivity contribution in [2.45, 2.75) is 69.6 Å². The predicted molar refractivity (Wildman–Crippen MR) is 135 cm³/mol. The Morgan fingerprint density at radius 1 is 1.13 bits per heavy atom. The van der Waals surface area contributed by atoms with Crippen LogP contribution in [0.4, 0.5) is 0 Å². The van der Waals surface area contributed by atoms with E-state index in [1.54, 1.807) is 19.1 Å². The van der Waals surface area contributed by atoms with Crippen LogP contribution in [0.2, 0.25) is 0 Å². The second-order valence-corrected chi connectivity index (χ2v) is 11.9. The maximum absolute atomic E-state index is 14.0. The van der Waals surface area contributed by atoms with Gasteiger partial charge in [0, 0.05) is 11.5 Å². The van der Waals surface area contributed by atoms with E-state index in [0.717, 1.165) is 12.8 Å². The minimum absolute atomic E-state index is 0.0713. The number of carbonyl (C=O) groups is 5. The third-order valence-corrected chi connectivity index (χ3v) is 9.09. The van der Waals surface area contributed by atoms with Crippen molar-refractivity contribution < 1.29 is 39.3 Å². The van der Waals surface area contributed by atoms with E-state index in [9.17, 15) is 39.3 Å². The minimum atomic E-state index is -3.00. The van der Waals surface area contributed by atoms with Crippen LogP contribution in [0.25, 0.3) is 0 Å². The zero-order valence-electron chi connectivity index (χ0n) is 22.5. The molecule has 0 spiro atoms. The lowest BCUT2D eigenvalue weighted by molar-refractivity contribution is -0.196. The van der Waals surface area contributed by atoms with Gasteiger partial charge in [0.2, 0.25) is 5.91 Å². The number of likely N-dealkylation sites (N-methyl/N-ethyl adjacent to an activating group) is 1. The molecule has 5 N–H and O–H groups in total. The number of nitrogens with zero attached hydrogens (tertiary/aromatic N) is 1. The van der Waals surface area contributed by atoms with Gasteiger partial charge in [0.1, 0.15) is 5.75 Å². The van der Waals surface area contributed by atoms with Crippen LogP contribution in [0, 0.1) is 23.7 Å². The average molecular weight is 529 g/mol. The summed E-state index contributed by atoms with van der Waals surface area (Å²) in [5.74, 6) is -13.0. The Bertz CT molecular complexity index is 1250. The number of aliphatic hydroxyl groups excluding tert-OH is 1. The van der Waals surface area contributed by atoms with E-state index >= 15 is 0 Å². The monoisotopic (exact) mass is 528 g/mol. The molecule has 2 fully saturated rings. The molecule has 0 saturated heterocycles. The van der Waals surface area contributed by atoms with Crippen LogP contribution in [-0.4, -0.2) is 81.1 Å². The lowest BCUT2D eigenvalue weighted by atomic mass is 9.49. The highest BCUT2D eigenvalue weighted by molar-refractivity contribution is 6.32. The number of ketones is 4. The average Bonchev–Trinajstić information content (AvgIpc) is 2.80. The Hall–Kier alpha value is -2.95. The molecule has 2 unspecified atom stereocenters. The Morgan fingerprint density at radius 3 is 2.26 bits per heavy atom. The van der Waals surface area contributed by atoms with Gasteiger partial charge < -0.3 is 21.1 Å². The number of hydrogen-bond donors (Lipinski definition) is 4. The van der Waals surface area contributed by atoms with Gasteiger partial charge in [-0.05, 0) is 37.4 Å². The highest BCUT2D eigenvalue weighted by Gasteiger charge is 2.72. The molecule has 0 heterocycles. The van der Waals surface area contributed by atoms with Crippen molar-refractivity contribution in [1.82, 2.24) is 4.90 Å². The molecular weight excluding hydrogens is 492 g/mol. The highest BCUT2D eigenvalue weighted by Crippen LogP contribution is 2.55. The molecule has 4 rings (SSSR count). The third-order valence-electron chi connectivity index (χ3n) is 9.09. The van der Waals surface area contributed by atoms with E-state index in [-0.39, 0.29) is 11.3 Å². The van der Waals surface area contributed by atoms with Crippen LogP contribution in [0.1, 0.15) is 67.9 Å². The summed E-state index contributed by atoms with van der Waals surface area (Å²) in [5.41, 5.74) is 2.74. The molecule has 206 valence electrons. The summed E-state index contributed by atoms with van der Waals surface area (Å²) in [6.07, 6.45) is -0.0914. The maximum Gasteiger partial charge on any atom is 0.235 e. The molecule has 1 aromatic rings. The Balaban J connectivity index is 1.94. The molecule has 0 radical (unpaired) electrons. The number of aromatic hydroxyl groups is 1. The van der Waals surface area contributed by atoms with Gasteiger partial charge in [-0.15, -0.1) is 0 Å². The van der Waals surface area contributed by atoms with Crippen molar-refractivity contribution in [3.63, 3.8) is 0 Å². The second kappa shape index (κ2) is 9.07. The number of phenolic OH excluding ortho intramolecular Hbond substituents is 1. The molecule has 10 nitrogen and oxygen atoms in total. The van der Waals surface area contributed by atoms with E-state index in [1.165, 1.54) is 19.0 Å². The number of carbonyl (C=O) groups excluding carboxylic acids is 5. The molecule has 1 amide bonds. The fraction of sp³-hybridized carbons (Fsp3) is 0.607. The maximum atomic E-state index is 14.0. The summed E-state index contributed by atoms with van der Waals surface area (Å²) in [5, 5.41) is 34.6. The zero-order chi connectivity index (χ0) is 28.6. The Labute approximate surface area is 221 Å². The first-order valence-electron chi connectivity index (χ1n) is 12.9. The fourth-order valence-corrected chi connectivity index (χ4v) is 7.29. The van der Waals surface area contributed by atoms with Crippen LogP contribution < -0.4 is 5.73 Å². The SMILES string of the molecule is CCCC(C)(C)c1ccc2c(c1O)C(=O)C1C(=O)[C@]3(O)C(=O)C(C(N)=O)C(=O)[C@@H](N(C)C)[C@@H]3[C@@H](O)[C@@H]1[C@H]2C. The predicted octanol–water partition coefficient (Wildman–Crippen LogP) is 0.477. The van der Waals surface area contributed by atoms with Crippen molar-refractivity contribution in [3.8, 4) is 5.75 Å². The summed E-state index contributed by atoms with van der Waals surface area (Å²) in [6.45, 7) is 7.57. The number of hydrogen-bond acceptors (Lipinski definition) is 9. The summed E-state index contributed by atoms with van der Waals surface area (Å²) in [6, 6.07) is 2.07. The summed E-state index contributed by atoms with van der Waals surface area (Å²) in [7, 11) is 2.92. The van der Waals surface area contributed by atoms with Gasteiger partial charge in [0.25, 0.3) is 0 Å². The number of benzene rings is 1. The first-order valence-corrected chi connectivity index (χ1v) is 12.9. The second-order valence-electron chi connectivity index (χ2n) is 11.9. The molecule has 10 heteroatoms. The van der Waals surface area contributed by atoms with Gasteiger partial charge in [-0.25, -0.2) is 0 Å². The number of rotatable bonds is 5. The quantitative estimate of drug-likeness (QED) is 0.396. The summed E-state index contributed by atoms with van der Waals surface area (Å²) in [4.78, 5) is 68.0. The molecule has 8 atom stereocenters. The summed E-state index contributed by atoms with van der Waals surface area (Å²) >= 11 is 0. The molecule has 2 saturated carbocycles. The number of amides is 1. The van der Waals surface area contributed by atoms with Gasteiger partial charge >= 0.3 is 0 Å². The standard InChI is InChI=1S/C28H36N2O8/c1-7-10-27(3,4)13-9-8-12-11(2)14-16(21(32)15(12)20(13)31)24(35)28(38)18(22(14)33)19(30(5)6)23(34)17(25(28)36)26(29)37/h8-9,11,14,16-19,22,31,33,38H,7,10H2,1-6H3,(H2,29,37)/t11-,14+,16?,17?,18+,19-,22-,28-/m0/s1. The first kappa shape index (κ1) is 28.1. The lowest BCUT2D eigenvalue weighted by Gasteiger charge is -2.56. The smallest absolute Gasteiger partial charge is 0.235 e. The molecule has 0 aromatic heterocycles. The van der Waals surface area contributed by atoms with Crippen molar-refractivity contribution in [2.75, 3.05) is 14.1 Å². The largest absolute Gasteiger partial charge is 0.507 e. The van der Waals surface area contributed by atoms with Crippen molar-refractivity contribution in [1.29, 1.82) is 0 Å². The van der Waals surface area contributed by atoms with Crippen molar-refractivity contribution in [3.05, 3.63) is 28.8 Å². The third kappa shape index (κ3) is 3.53. The molecule has 3 aliphatic rings. The van der Waals surface area contributed by atoms with Gasteiger partial charge in [0.15, 0.2) is 34.7 Å². The molecule has 0 aliphatic heterocycles. The first-order chi connectivity index (χ1) is 17.5. The van der Waals surface area contributed by atoms with Gasteiger partial charge in [-0.1, -0.05) is 46.2 Å². The van der Waals surface area contributed by atoms with Gasteiger partial charge in [-0.3, -0.25) is 28.9 Å². The van der Waals surface area contributed by atoms with E-state index in [2.05, 4.69) is 0 Å². The number of phenols is 1. The van der Waals surface area contributed by atoms with Gasteiger partial charge in [-0.2, -0.15) is 0 Å². The topological polar surface area (TPSA) is 175 Å². The molecule has 38 heavy (non-hydrogen) atoms. The van der Waals surface area contributed by atoms with Crippen LogP contribution in [0.3, 0.4) is 0 Å². The molecule has 3 aliphatic carbocycles. The van der Waals surface area contributed by atoms with E-state index < -0.39 is 81.8 Å². The van der Waals surface area contributed by atoms with E-state index in [0.29, 0.717) is 11.1 Å². The lowest BCUT2D eigenvalue weighted by Crippen LogP contribution is -2.77. The van der Waals surface area contributed by atoms with Crippen LogP contribution >= 0.6 is 0 Å². The Morgan fingerprint density at radius 2 is 1.74 bits per heavy atom. The number of fused-ring (bicyclic) bond motifs is 3. The summed E-state index contributed by atoms with van der Waals surface area (Å²) < 4.78 is 0. The minimum Gasteiger partial charge on any atom is -0.507 e. The van der Waals surface area contributed by atoms with Crippen LogP contribution in [0.15, 0.2) is 12.1 Å². The normalized spacial score (nSPS) is 35.1. The fourth-order valence-electron chi connectivity index (χ4n) is 7.29. The Kier molecular flexibility index (Phi) is 6.70. The van der Waals surface area contributed by atoms with Crippen molar-refractivity contribution in [2.24, 2.45) is 29.4 Å². The number of nitrogens with two attached hydrogens (primary N) is 1. The zero-order valence-corrected chi connectivity index (χ0v) is 22.5. The number of primary amides is 1. The van der Waals surface area contributed by atoms with Crippen LogP contribution in [0.5, 0.6) is 5.75 Å².